The summed E-state index contributed by atoms with van der Waals surface area (Å²) >= 11 is 1.33. The average molecular weight is 363 g/mol. The summed E-state index contributed by atoms with van der Waals surface area (Å²) in [6, 6.07) is 1.85. The van der Waals surface area contributed by atoms with E-state index in [-0.39, 0.29) is 35.5 Å². The van der Waals surface area contributed by atoms with Crippen molar-refractivity contribution in [2.45, 2.75) is 32.1 Å². The Morgan fingerprint density at radius 1 is 1.61 bits per heavy atom. The predicted octanol–water partition coefficient (Wildman–Crippen LogP) is 1.29. The van der Waals surface area contributed by atoms with Gasteiger partial charge in [0, 0.05) is 31.7 Å². The molecule has 2 atom stereocenters. The molecule has 0 spiro atoms. The number of nitrogens with one attached hydrogen (secondary N) is 2. The fourth-order valence-corrected chi connectivity index (χ4v) is 2.99. The van der Waals surface area contributed by atoms with E-state index < -0.39 is 0 Å². The van der Waals surface area contributed by atoms with Crippen molar-refractivity contribution in [3.05, 3.63) is 11.8 Å². The first-order chi connectivity index (χ1) is 10.5. The van der Waals surface area contributed by atoms with Crippen molar-refractivity contribution in [3.8, 4) is 0 Å². The van der Waals surface area contributed by atoms with Gasteiger partial charge in [-0.05, 0) is 20.8 Å². The Morgan fingerprint density at radius 3 is 2.96 bits per heavy atom. The number of halogens is 1. The summed E-state index contributed by atoms with van der Waals surface area (Å²) in [5, 5.41) is 9.31. The Balaban J connectivity index is 0.00000264. The molecule has 0 bridgehead atoms. The van der Waals surface area contributed by atoms with Gasteiger partial charge < -0.3 is 20.1 Å². The first-order valence-electron chi connectivity index (χ1n) is 7.33. The Bertz CT molecular complexity index is 540. The molecule has 9 heteroatoms. The third-order valence-corrected chi connectivity index (χ3v) is 4.65. The number of aryl methyl sites for hydroxylation is 1. The highest BCUT2D eigenvalue weighted by molar-refractivity contribution is 8.01. The Labute approximate surface area is 146 Å². The highest BCUT2D eigenvalue weighted by Crippen LogP contribution is 2.16. The molecule has 1 aliphatic rings. The minimum Gasteiger partial charge on any atom is -0.360 e. The van der Waals surface area contributed by atoms with E-state index in [1.807, 2.05) is 11.8 Å². The van der Waals surface area contributed by atoms with Gasteiger partial charge in [0.15, 0.2) is 5.82 Å². The van der Waals surface area contributed by atoms with E-state index >= 15 is 0 Å². The molecule has 0 saturated carbocycles. The van der Waals surface area contributed by atoms with Gasteiger partial charge in [-0.25, -0.2) is 0 Å². The number of anilines is 1. The standard InChI is InChI=1S/C14H22N4O3S.ClH/c1-9-7-15-4-5-18(9)13(19)8-22-11(3)14(20)16-12-6-10(2)21-17-12;/h6,9,11,15H,4-5,7-8H2,1-3H3,(H,16,17,20);1H/t9-,11?;/m0./s1. The third kappa shape index (κ3) is 5.71. The number of hydrogen-bond donors (Lipinski definition) is 2. The number of nitrogens with zero attached hydrogens (tertiary/aromatic N) is 2. The first-order valence-corrected chi connectivity index (χ1v) is 8.38. The number of aromatic nitrogens is 1. The summed E-state index contributed by atoms with van der Waals surface area (Å²) in [6.07, 6.45) is 0. The summed E-state index contributed by atoms with van der Waals surface area (Å²) in [5.74, 6) is 1.24. The SMILES string of the molecule is Cc1cc(NC(=O)C(C)SCC(=O)N2CCNC[C@@H]2C)no1.Cl. The van der Waals surface area contributed by atoms with Crippen LogP contribution in [0, 0.1) is 6.92 Å². The largest absolute Gasteiger partial charge is 0.360 e. The number of rotatable bonds is 5. The van der Waals surface area contributed by atoms with Gasteiger partial charge in [0.25, 0.3) is 0 Å². The average Bonchev–Trinajstić information content (AvgIpc) is 2.90. The first kappa shape index (κ1) is 19.8. The van der Waals surface area contributed by atoms with Crippen LogP contribution in [0.15, 0.2) is 10.6 Å². The normalized spacial score (nSPS) is 18.9. The molecule has 1 aliphatic heterocycles. The zero-order chi connectivity index (χ0) is 16.1. The molecule has 2 rings (SSSR count). The lowest BCUT2D eigenvalue weighted by Gasteiger charge is -2.34. The van der Waals surface area contributed by atoms with Crippen LogP contribution in [-0.4, -0.2) is 58.5 Å². The fourth-order valence-electron chi connectivity index (χ4n) is 2.22. The lowest BCUT2D eigenvalue weighted by atomic mass is 10.2. The maximum Gasteiger partial charge on any atom is 0.238 e. The van der Waals surface area contributed by atoms with Crippen LogP contribution in [0.2, 0.25) is 0 Å². The van der Waals surface area contributed by atoms with E-state index in [4.69, 9.17) is 4.52 Å². The lowest BCUT2D eigenvalue weighted by molar-refractivity contribution is -0.131. The number of carbonyl (C=O) groups excluding carboxylic acids is 2. The van der Waals surface area contributed by atoms with Gasteiger partial charge in [0.05, 0.1) is 11.0 Å². The van der Waals surface area contributed by atoms with Gasteiger partial charge in [0.2, 0.25) is 11.8 Å². The number of carbonyl (C=O) groups is 2. The van der Waals surface area contributed by atoms with Crippen LogP contribution in [0.3, 0.4) is 0 Å². The number of piperazine rings is 1. The maximum atomic E-state index is 12.2. The molecule has 2 N–H and O–H groups in total. The molecule has 1 unspecified atom stereocenters. The summed E-state index contributed by atoms with van der Waals surface area (Å²) in [6.45, 7) is 7.92. The Hall–Kier alpha value is -1.25. The van der Waals surface area contributed by atoms with Crippen molar-refractivity contribution in [2.24, 2.45) is 0 Å². The monoisotopic (exact) mass is 362 g/mol. The van der Waals surface area contributed by atoms with Gasteiger partial charge in [-0.15, -0.1) is 24.2 Å². The minimum absolute atomic E-state index is 0. The van der Waals surface area contributed by atoms with Gasteiger partial charge >= 0.3 is 0 Å². The fraction of sp³-hybridized carbons (Fsp3) is 0.643. The second kappa shape index (κ2) is 9.14. The number of hydrogen-bond acceptors (Lipinski definition) is 6. The smallest absolute Gasteiger partial charge is 0.238 e. The van der Waals surface area contributed by atoms with Crippen LogP contribution in [-0.2, 0) is 9.59 Å². The molecule has 130 valence electrons. The molecule has 1 aromatic rings. The second-order valence-electron chi connectivity index (χ2n) is 5.41. The van der Waals surface area contributed by atoms with Crippen molar-refractivity contribution in [3.63, 3.8) is 0 Å². The van der Waals surface area contributed by atoms with Crippen molar-refractivity contribution < 1.29 is 14.1 Å². The number of thioether (sulfide) groups is 1. The zero-order valence-corrected chi connectivity index (χ0v) is 15.1. The molecule has 7 nitrogen and oxygen atoms in total. The van der Waals surface area contributed by atoms with Crippen LogP contribution in [0.5, 0.6) is 0 Å². The van der Waals surface area contributed by atoms with Crippen LogP contribution in [0.4, 0.5) is 5.82 Å². The van der Waals surface area contributed by atoms with E-state index in [9.17, 15) is 9.59 Å². The molecule has 0 aliphatic carbocycles. The molecule has 1 aromatic heterocycles. The van der Waals surface area contributed by atoms with Crippen LogP contribution in [0.25, 0.3) is 0 Å². The quantitative estimate of drug-likeness (QED) is 0.820. The van der Waals surface area contributed by atoms with Crippen molar-refractivity contribution >= 4 is 41.8 Å². The third-order valence-electron chi connectivity index (χ3n) is 3.53. The molecular weight excluding hydrogens is 340 g/mol. The molecule has 0 radical (unpaired) electrons. The molecule has 23 heavy (non-hydrogen) atoms. The van der Waals surface area contributed by atoms with Crippen LogP contribution >= 0.6 is 24.2 Å². The lowest BCUT2D eigenvalue weighted by Crippen LogP contribution is -2.52. The summed E-state index contributed by atoms with van der Waals surface area (Å²) in [5.41, 5.74) is 0. The van der Waals surface area contributed by atoms with Crippen molar-refractivity contribution in [1.82, 2.24) is 15.4 Å². The molecule has 1 saturated heterocycles. The molecule has 0 aromatic carbocycles. The van der Waals surface area contributed by atoms with Gasteiger partial charge in [0.1, 0.15) is 5.76 Å². The highest BCUT2D eigenvalue weighted by Gasteiger charge is 2.24. The summed E-state index contributed by atoms with van der Waals surface area (Å²) in [4.78, 5) is 26.1. The Morgan fingerprint density at radius 2 is 2.35 bits per heavy atom. The van der Waals surface area contributed by atoms with E-state index in [1.54, 1.807) is 19.9 Å². The second-order valence-corrected chi connectivity index (χ2v) is 6.73. The predicted molar refractivity (Wildman–Crippen MR) is 93.1 cm³/mol. The van der Waals surface area contributed by atoms with Gasteiger partial charge in [-0.3, -0.25) is 9.59 Å². The number of amides is 2. The topological polar surface area (TPSA) is 87.5 Å². The maximum absolute atomic E-state index is 12.2. The molecule has 1 fully saturated rings. The summed E-state index contributed by atoms with van der Waals surface area (Å²) in [7, 11) is 0. The van der Waals surface area contributed by atoms with Crippen LogP contribution < -0.4 is 10.6 Å². The summed E-state index contributed by atoms with van der Waals surface area (Å²) < 4.78 is 4.90. The highest BCUT2D eigenvalue weighted by atomic mass is 35.5. The van der Waals surface area contributed by atoms with Crippen molar-refractivity contribution in [1.29, 1.82) is 0 Å². The minimum atomic E-state index is -0.334. The molecule has 2 heterocycles. The van der Waals surface area contributed by atoms with Gasteiger partial charge in [-0.1, -0.05) is 5.16 Å². The van der Waals surface area contributed by atoms with E-state index in [0.29, 0.717) is 17.3 Å². The van der Waals surface area contributed by atoms with E-state index in [2.05, 4.69) is 15.8 Å². The van der Waals surface area contributed by atoms with Crippen molar-refractivity contribution in [2.75, 3.05) is 30.7 Å². The molecular formula is C14H23ClN4O3S. The zero-order valence-electron chi connectivity index (χ0n) is 13.5. The van der Waals surface area contributed by atoms with E-state index in [1.165, 1.54) is 11.8 Å². The molecule has 2 amide bonds. The van der Waals surface area contributed by atoms with Crippen LogP contribution in [0.1, 0.15) is 19.6 Å². The van der Waals surface area contributed by atoms with E-state index in [0.717, 1.165) is 19.6 Å². The van der Waals surface area contributed by atoms with Gasteiger partial charge in [-0.2, -0.15) is 0 Å². The Kier molecular flexibility index (Phi) is 7.87.